The lowest BCUT2D eigenvalue weighted by Crippen LogP contribution is -2.44. The number of piperidine rings is 1. The lowest BCUT2D eigenvalue weighted by molar-refractivity contribution is 0.0902. The van der Waals surface area contributed by atoms with Gasteiger partial charge in [-0.1, -0.05) is 6.07 Å². The fourth-order valence-electron chi connectivity index (χ4n) is 2.64. The average molecular weight is 300 g/mol. The zero-order valence-corrected chi connectivity index (χ0v) is 12.6. The Bertz CT molecular complexity index is 618. The number of aromatic nitrogens is 4. The van der Waals surface area contributed by atoms with Gasteiger partial charge in [-0.3, -0.25) is 14.7 Å². The summed E-state index contributed by atoms with van der Waals surface area (Å²) in [4.78, 5) is 18.5. The normalized spacial score (nSPS) is 16.6. The molecule has 0 bridgehead atoms. The fourth-order valence-corrected chi connectivity index (χ4v) is 2.64. The van der Waals surface area contributed by atoms with E-state index in [0.29, 0.717) is 5.69 Å². The van der Waals surface area contributed by atoms with Crippen molar-refractivity contribution in [2.75, 3.05) is 13.1 Å². The quantitative estimate of drug-likeness (QED) is 0.895. The highest BCUT2D eigenvalue weighted by atomic mass is 16.1. The van der Waals surface area contributed by atoms with Crippen molar-refractivity contribution in [2.45, 2.75) is 25.4 Å². The lowest BCUT2D eigenvalue weighted by atomic mass is 10.0. The number of carbonyl (C=O) groups is 1. The van der Waals surface area contributed by atoms with Crippen LogP contribution in [0.15, 0.2) is 30.7 Å². The first-order valence-electron chi connectivity index (χ1n) is 7.49. The van der Waals surface area contributed by atoms with Crippen LogP contribution in [0.3, 0.4) is 0 Å². The Morgan fingerprint density at radius 2 is 2.18 bits per heavy atom. The van der Waals surface area contributed by atoms with Crippen molar-refractivity contribution in [1.82, 2.24) is 30.0 Å². The standard InChI is InChI=1S/C15H20N6O/c1-20-11-17-19-14(20)10-21-8-5-12(6-9-21)18-15(22)13-4-2-3-7-16-13/h2-4,7,11-12H,5-6,8-10H2,1H3,(H,18,22). The summed E-state index contributed by atoms with van der Waals surface area (Å²) in [6, 6.07) is 5.58. The molecule has 1 saturated heterocycles. The Hall–Kier alpha value is -2.28. The second kappa shape index (κ2) is 6.65. The minimum atomic E-state index is -0.0904. The van der Waals surface area contributed by atoms with Crippen molar-refractivity contribution in [3.63, 3.8) is 0 Å². The molecule has 0 unspecified atom stereocenters. The molecular formula is C15H20N6O. The molecule has 2 aromatic rings. The van der Waals surface area contributed by atoms with E-state index in [-0.39, 0.29) is 11.9 Å². The van der Waals surface area contributed by atoms with E-state index in [4.69, 9.17) is 0 Å². The average Bonchev–Trinajstić information content (AvgIpc) is 2.95. The summed E-state index contributed by atoms with van der Waals surface area (Å²) < 4.78 is 1.94. The van der Waals surface area contributed by atoms with Crippen LogP contribution in [0.25, 0.3) is 0 Å². The smallest absolute Gasteiger partial charge is 0.270 e. The zero-order chi connectivity index (χ0) is 15.4. The van der Waals surface area contributed by atoms with Crippen LogP contribution >= 0.6 is 0 Å². The number of rotatable bonds is 4. The van der Waals surface area contributed by atoms with Gasteiger partial charge in [0.25, 0.3) is 5.91 Å². The van der Waals surface area contributed by atoms with Gasteiger partial charge in [-0.15, -0.1) is 10.2 Å². The van der Waals surface area contributed by atoms with Crippen LogP contribution in [-0.2, 0) is 13.6 Å². The van der Waals surface area contributed by atoms with Crippen LogP contribution in [0.5, 0.6) is 0 Å². The van der Waals surface area contributed by atoms with Gasteiger partial charge in [-0.2, -0.15) is 0 Å². The molecule has 0 aliphatic carbocycles. The first kappa shape index (κ1) is 14.6. The third-order valence-electron chi connectivity index (χ3n) is 3.99. The van der Waals surface area contributed by atoms with Gasteiger partial charge < -0.3 is 9.88 Å². The van der Waals surface area contributed by atoms with Crippen molar-refractivity contribution >= 4 is 5.91 Å². The maximum absolute atomic E-state index is 12.1. The molecule has 0 spiro atoms. The molecule has 116 valence electrons. The van der Waals surface area contributed by atoms with E-state index in [2.05, 4.69) is 25.4 Å². The molecule has 22 heavy (non-hydrogen) atoms. The molecule has 1 amide bonds. The van der Waals surface area contributed by atoms with E-state index in [1.807, 2.05) is 23.7 Å². The molecule has 1 aliphatic rings. The highest BCUT2D eigenvalue weighted by Crippen LogP contribution is 2.13. The van der Waals surface area contributed by atoms with Crippen molar-refractivity contribution in [1.29, 1.82) is 0 Å². The van der Waals surface area contributed by atoms with Crippen LogP contribution in [-0.4, -0.2) is 49.7 Å². The Morgan fingerprint density at radius 3 is 2.82 bits per heavy atom. The van der Waals surface area contributed by atoms with E-state index in [1.54, 1.807) is 18.6 Å². The van der Waals surface area contributed by atoms with E-state index in [1.165, 1.54) is 0 Å². The summed E-state index contributed by atoms with van der Waals surface area (Å²) >= 11 is 0. The molecule has 0 atom stereocenters. The number of hydrogen-bond acceptors (Lipinski definition) is 5. The molecule has 3 rings (SSSR count). The Morgan fingerprint density at radius 1 is 1.36 bits per heavy atom. The van der Waals surface area contributed by atoms with Crippen LogP contribution in [0.1, 0.15) is 29.2 Å². The first-order chi connectivity index (χ1) is 10.7. The van der Waals surface area contributed by atoms with E-state index < -0.39 is 0 Å². The SMILES string of the molecule is Cn1cnnc1CN1CCC(NC(=O)c2ccccn2)CC1. The molecule has 1 aliphatic heterocycles. The topological polar surface area (TPSA) is 75.9 Å². The van der Waals surface area contributed by atoms with E-state index in [9.17, 15) is 4.79 Å². The van der Waals surface area contributed by atoms with Gasteiger partial charge in [0.05, 0.1) is 6.54 Å². The van der Waals surface area contributed by atoms with Gasteiger partial charge in [0.15, 0.2) is 0 Å². The Kier molecular flexibility index (Phi) is 4.43. The molecule has 1 fully saturated rings. The number of likely N-dealkylation sites (tertiary alicyclic amines) is 1. The number of pyridine rings is 1. The van der Waals surface area contributed by atoms with Gasteiger partial charge in [0.1, 0.15) is 17.8 Å². The van der Waals surface area contributed by atoms with Crippen molar-refractivity contribution < 1.29 is 4.79 Å². The predicted molar refractivity (Wildman–Crippen MR) is 81.0 cm³/mol. The largest absolute Gasteiger partial charge is 0.348 e. The molecule has 2 aromatic heterocycles. The van der Waals surface area contributed by atoms with Crippen molar-refractivity contribution in [3.05, 3.63) is 42.2 Å². The van der Waals surface area contributed by atoms with Gasteiger partial charge in [0.2, 0.25) is 0 Å². The monoisotopic (exact) mass is 300 g/mol. The van der Waals surface area contributed by atoms with Crippen LogP contribution in [0.4, 0.5) is 0 Å². The zero-order valence-electron chi connectivity index (χ0n) is 12.6. The highest BCUT2D eigenvalue weighted by molar-refractivity contribution is 5.92. The molecule has 3 heterocycles. The minimum absolute atomic E-state index is 0.0904. The minimum Gasteiger partial charge on any atom is -0.348 e. The van der Waals surface area contributed by atoms with Gasteiger partial charge in [-0.05, 0) is 25.0 Å². The number of carbonyl (C=O) groups excluding carboxylic acids is 1. The van der Waals surface area contributed by atoms with Crippen LogP contribution in [0.2, 0.25) is 0 Å². The van der Waals surface area contributed by atoms with Crippen LogP contribution < -0.4 is 5.32 Å². The van der Waals surface area contributed by atoms with E-state index in [0.717, 1.165) is 38.3 Å². The van der Waals surface area contributed by atoms with Crippen molar-refractivity contribution in [2.24, 2.45) is 7.05 Å². The summed E-state index contributed by atoms with van der Waals surface area (Å²) in [5, 5.41) is 11.1. The van der Waals surface area contributed by atoms with E-state index >= 15 is 0 Å². The fraction of sp³-hybridized carbons (Fsp3) is 0.467. The van der Waals surface area contributed by atoms with Crippen molar-refractivity contribution in [3.8, 4) is 0 Å². The molecular weight excluding hydrogens is 280 g/mol. The number of amides is 1. The van der Waals surface area contributed by atoms with Crippen LogP contribution in [0, 0.1) is 0 Å². The summed E-state index contributed by atoms with van der Waals surface area (Å²) in [5.41, 5.74) is 0.476. The van der Waals surface area contributed by atoms with Gasteiger partial charge >= 0.3 is 0 Å². The molecule has 0 saturated carbocycles. The Labute approximate surface area is 129 Å². The number of aryl methyl sites for hydroxylation is 1. The maximum Gasteiger partial charge on any atom is 0.270 e. The Balaban J connectivity index is 1.48. The lowest BCUT2D eigenvalue weighted by Gasteiger charge is -2.31. The second-order valence-electron chi connectivity index (χ2n) is 5.60. The summed E-state index contributed by atoms with van der Waals surface area (Å²) in [6.45, 7) is 2.69. The third-order valence-corrected chi connectivity index (χ3v) is 3.99. The molecule has 7 nitrogen and oxygen atoms in total. The number of nitrogens with one attached hydrogen (secondary N) is 1. The molecule has 0 radical (unpaired) electrons. The summed E-state index contributed by atoms with van der Waals surface area (Å²) in [5.74, 6) is 0.878. The number of hydrogen-bond donors (Lipinski definition) is 1. The third kappa shape index (κ3) is 3.48. The second-order valence-corrected chi connectivity index (χ2v) is 5.60. The van der Waals surface area contributed by atoms with Gasteiger partial charge in [0, 0.05) is 32.4 Å². The first-order valence-corrected chi connectivity index (χ1v) is 7.49. The summed E-state index contributed by atoms with van der Waals surface area (Å²) in [6.07, 6.45) is 5.24. The summed E-state index contributed by atoms with van der Waals surface area (Å²) in [7, 11) is 1.95. The molecule has 7 heteroatoms. The predicted octanol–water partition coefficient (Wildman–Crippen LogP) is 0.604. The van der Waals surface area contributed by atoms with Gasteiger partial charge in [-0.25, -0.2) is 0 Å². The molecule has 1 N–H and O–H groups in total. The maximum atomic E-state index is 12.1. The highest BCUT2D eigenvalue weighted by Gasteiger charge is 2.22. The molecule has 0 aromatic carbocycles. The number of nitrogens with zero attached hydrogens (tertiary/aromatic N) is 5.